The highest BCUT2D eigenvalue weighted by Crippen LogP contribution is 2.32. The Labute approximate surface area is 223 Å². The van der Waals surface area contributed by atoms with Gasteiger partial charge in [0.15, 0.2) is 0 Å². The van der Waals surface area contributed by atoms with E-state index in [1.807, 2.05) is 50.2 Å². The summed E-state index contributed by atoms with van der Waals surface area (Å²) < 4.78 is 40.1. The average molecular weight is 531 g/mol. The van der Waals surface area contributed by atoms with Crippen LogP contribution < -0.4 is 19.1 Å². The highest BCUT2D eigenvalue weighted by Gasteiger charge is 2.30. The Morgan fingerprint density at radius 1 is 0.816 bits per heavy atom. The van der Waals surface area contributed by atoms with Gasteiger partial charge in [-0.15, -0.1) is 0 Å². The molecule has 0 heterocycles. The molecular formula is C30H30N2O5S. The van der Waals surface area contributed by atoms with Gasteiger partial charge in [0.2, 0.25) is 5.91 Å². The SMILES string of the molecule is COc1ccc(C)cc1S(=O)(=O)N(CC(=O)Nc1ccc(Oc2ccccc2)cc1)c1ccc(C)c(C)c1. The number of nitrogens with one attached hydrogen (secondary N) is 1. The number of hydrogen-bond acceptors (Lipinski definition) is 5. The first kappa shape index (κ1) is 26.8. The Morgan fingerprint density at radius 3 is 2.16 bits per heavy atom. The van der Waals surface area contributed by atoms with Crippen molar-refractivity contribution in [3.8, 4) is 17.2 Å². The molecule has 0 saturated carbocycles. The molecule has 0 aliphatic carbocycles. The van der Waals surface area contributed by atoms with Crippen LogP contribution in [0.1, 0.15) is 16.7 Å². The zero-order valence-electron chi connectivity index (χ0n) is 21.8. The van der Waals surface area contributed by atoms with Gasteiger partial charge in [0, 0.05) is 5.69 Å². The summed E-state index contributed by atoms with van der Waals surface area (Å²) in [5.74, 6) is 1.03. The Morgan fingerprint density at radius 2 is 1.50 bits per heavy atom. The molecule has 4 rings (SSSR count). The minimum absolute atomic E-state index is 0.00607. The highest BCUT2D eigenvalue weighted by molar-refractivity contribution is 7.93. The molecule has 1 N–H and O–H groups in total. The molecule has 196 valence electrons. The van der Waals surface area contributed by atoms with Crippen molar-refractivity contribution in [2.45, 2.75) is 25.7 Å². The van der Waals surface area contributed by atoms with Crippen molar-refractivity contribution >= 4 is 27.3 Å². The maximum Gasteiger partial charge on any atom is 0.268 e. The van der Waals surface area contributed by atoms with E-state index in [-0.39, 0.29) is 10.6 Å². The molecule has 0 fully saturated rings. The molecule has 1 amide bonds. The number of benzene rings is 4. The smallest absolute Gasteiger partial charge is 0.268 e. The molecular weight excluding hydrogens is 500 g/mol. The molecule has 0 unspecified atom stereocenters. The molecule has 0 bridgehead atoms. The number of carbonyl (C=O) groups is 1. The lowest BCUT2D eigenvalue weighted by atomic mass is 10.1. The van der Waals surface area contributed by atoms with E-state index < -0.39 is 22.5 Å². The van der Waals surface area contributed by atoms with Crippen molar-refractivity contribution in [1.82, 2.24) is 0 Å². The number of methoxy groups -OCH3 is 1. The Hall–Kier alpha value is -4.30. The van der Waals surface area contributed by atoms with Crippen LogP contribution in [0.15, 0.2) is 95.9 Å². The zero-order valence-corrected chi connectivity index (χ0v) is 22.6. The monoisotopic (exact) mass is 530 g/mol. The number of rotatable bonds is 9. The summed E-state index contributed by atoms with van der Waals surface area (Å²) >= 11 is 0. The summed E-state index contributed by atoms with van der Waals surface area (Å²) in [5, 5.41) is 2.79. The maximum absolute atomic E-state index is 13.9. The van der Waals surface area contributed by atoms with Gasteiger partial charge >= 0.3 is 0 Å². The largest absolute Gasteiger partial charge is 0.495 e. The number of amides is 1. The summed E-state index contributed by atoms with van der Waals surface area (Å²) in [6.07, 6.45) is 0. The second-order valence-corrected chi connectivity index (χ2v) is 10.8. The normalized spacial score (nSPS) is 11.1. The number of aryl methyl sites for hydroxylation is 3. The van der Waals surface area contributed by atoms with Gasteiger partial charge in [0.25, 0.3) is 10.0 Å². The van der Waals surface area contributed by atoms with Gasteiger partial charge in [-0.05, 0) is 98.1 Å². The molecule has 8 heteroatoms. The highest BCUT2D eigenvalue weighted by atomic mass is 32.2. The lowest BCUT2D eigenvalue weighted by molar-refractivity contribution is -0.114. The summed E-state index contributed by atoms with van der Waals surface area (Å²) in [6, 6.07) is 26.5. The average Bonchev–Trinajstić information content (AvgIpc) is 2.90. The van der Waals surface area contributed by atoms with E-state index in [1.54, 1.807) is 61.5 Å². The second-order valence-electron chi connectivity index (χ2n) is 8.92. The van der Waals surface area contributed by atoms with E-state index in [0.29, 0.717) is 22.9 Å². The molecule has 0 spiro atoms. The van der Waals surface area contributed by atoms with Crippen molar-refractivity contribution in [3.63, 3.8) is 0 Å². The first-order valence-electron chi connectivity index (χ1n) is 12.0. The standard InChI is InChI=1S/C30H30N2O5S/c1-21-10-17-28(36-4)29(18-21)38(34,35)32(25-14-11-22(2)23(3)19-25)20-30(33)31-24-12-15-27(16-13-24)37-26-8-6-5-7-9-26/h5-19H,20H2,1-4H3,(H,31,33). The fourth-order valence-electron chi connectivity index (χ4n) is 3.86. The lowest BCUT2D eigenvalue weighted by Crippen LogP contribution is -2.38. The quantitative estimate of drug-likeness (QED) is 0.277. The minimum Gasteiger partial charge on any atom is -0.495 e. The molecule has 4 aromatic carbocycles. The summed E-state index contributed by atoms with van der Waals surface area (Å²) in [5.41, 5.74) is 3.58. The van der Waals surface area contributed by atoms with Crippen molar-refractivity contribution < 1.29 is 22.7 Å². The van der Waals surface area contributed by atoms with Crippen LogP contribution >= 0.6 is 0 Å². The molecule has 4 aromatic rings. The number of anilines is 2. The Kier molecular flexibility index (Phi) is 8.02. The Balaban J connectivity index is 1.60. The van der Waals surface area contributed by atoms with Gasteiger partial charge in [-0.1, -0.05) is 30.3 Å². The van der Waals surface area contributed by atoms with Crippen molar-refractivity contribution in [2.75, 3.05) is 23.3 Å². The van der Waals surface area contributed by atoms with E-state index in [1.165, 1.54) is 7.11 Å². The van der Waals surface area contributed by atoms with Gasteiger partial charge < -0.3 is 14.8 Å². The molecule has 7 nitrogen and oxygen atoms in total. The number of hydrogen-bond donors (Lipinski definition) is 1. The predicted octanol–water partition coefficient (Wildman–Crippen LogP) is 6.25. The third-order valence-electron chi connectivity index (χ3n) is 6.07. The van der Waals surface area contributed by atoms with Gasteiger partial charge in [0.1, 0.15) is 28.7 Å². The summed E-state index contributed by atoms with van der Waals surface area (Å²) in [4.78, 5) is 13.1. The van der Waals surface area contributed by atoms with Crippen LogP contribution in [0.4, 0.5) is 11.4 Å². The molecule has 0 aliphatic rings. The molecule has 0 aromatic heterocycles. The fraction of sp³-hybridized carbons (Fsp3) is 0.167. The Bertz CT molecular complexity index is 1540. The van der Waals surface area contributed by atoms with Gasteiger partial charge in [-0.2, -0.15) is 0 Å². The van der Waals surface area contributed by atoms with Crippen LogP contribution in [0, 0.1) is 20.8 Å². The summed E-state index contributed by atoms with van der Waals surface area (Å²) in [6.45, 7) is 5.22. The van der Waals surface area contributed by atoms with Crippen LogP contribution in [0.2, 0.25) is 0 Å². The molecule has 0 saturated heterocycles. The fourth-order valence-corrected chi connectivity index (χ4v) is 5.52. The van der Waals surface area contributed by atoms with E-state index in [2.05, 4.69) is 5.32 Å². The summed E-state index contributed by atoms with van der Waals surface area (Å²) in [7, 11) is -2.73. The van der Waals surface area contributed by atoms with Crippen molar-refractivity contribution in [2.24, 2.45) is 0 Å². The van der Waals surface area contributed by atoms with Crippen LogP contribution in [-0.2, 0) is 14.8 Å². The number of ether oxygens (including phenoxy) is 2. The molecule has 0 radical (unpaired) electrons. The van der Waals surface area contributed by atoms with Crippen LogP contribution in [0.25, 0.3) is 0 Å². The second kappa shape index (κ2) is 11.4. The minimum atomic E-state index is -4.15. The number of carbonyl (C=O) groups excluding carboxylic acids is 1. The molecule has 0 aliphatic heterocycles. The zero-order chi connectivity index (χ0) is 27.3. The number of para-hydroxylation sites is 1. The van der Waals surface area contributed by atoms with Crippen LogP contribution in [-0.4, -0.2) is 28.0 Å². The maximum atomic E-state index is 13.9. The molecule has 38 heavy (non-hydrogen) atoms. The third kappa shape index (κ3) is 6.15. The predicted molar refractivity (Wildman–Crippen MR) is 150 cm³/mol. The third-order valence-corrected chi connectivity index (χ3v) is 7.86. The van der Waals surface area contributed by atoms with E-state index >= 15 is 0 Å². The van der Waals surface area contributed by atoms with Gasteiger partial charge in [-0.25, -0.2) is 8.42 Å². The van der Waals surface area contributed by atoms with Gasteiger partial charge in [-0.3, -0.25) is 9.10 Å². The first-order valence-corrected chi connectivity index (χ1v) is 13.5. The lowest BCUT2D eigenvalue weighted by Gasteiger charge is -2.26. The van der Waals surface area contributed by atoms with Crippen LogP contribution in [0.3, 0.4) is 0 Å². The topological polar surface area (TPSA) is 84.9 Å². The first-order chi connectivity index (χ1) is 18.2. The van der Waals surface area contributed by atoms with Gasteiger partial charge in [0.05, 0.1) is 12.8 Å². The van der Waals surface area contributed by atoms with Crippen LogP contribution in [0.5, 0.6) is 17.2 Å². The van der Waals surface area contributed by atoms with E-state index in [9.17, 15) is 13.2 Å². The van der Waals surface area contributed by atoms with Crippen molar-refractivity contribution in [1.29, 1.82) is 0 Å². The van der Waals surface area contributed by atoms with E-state index in [4.69, 9.17) is 9.47 Å². The number of nitrogens with zero attached hydrogens (tertiary/aromatic N) is 1. The van der Waals surface area contributed by atoms with E-state index in [0.717, 1.165) is 21.0 Å². The molecule has 0 atom stereocenters. The van der Waals surface area contributed by atoms with Crippen molar-refractivity contribution in [3.05, 3.63) is 108 Å². The number of sulfonamides is 1.